The van der Waals surface area contributed by atoms with E-state index in [0.29, 0.717) is 0 Å². The summed E-state index contributed by atoms with van der Waals surface area (Å²) in [6.45, 7) is 0. The fourth-order valence-corrected chi connectivity index (χ4v) is 0. The average molecular weight is 1050 g/mol. The van der Waals surface area contributed by atoms with Gasteiger partial charge in [-0.25, -0.2) is 24.0 Å². The minimum Gasteiger partial charge on any atom is -1.00 e. The largest absolute Gasteiger partial charge is 1.00 e. The van der Waals surface area contributed by atoms with Crippen molar-refractivity contribution in [3.63, 3.8) is 0 Å². The maximum Gasteiger partial charge on any atom is 1.00 e. The molecule has 51 heavy (non-hydrogen) atoms. The van der Waals surface area contributed by atoms with Crippen molar-refractivity contribution in [2.24, 2.45) is 0 Å². The van der Waals surface area contributed by atoms with E-state index in [4.69, 9.17) is 75.0 Å². The van der Waals surface area contributed by atoms with Crippen LogP contribution in [-0.4, -0.2) is 81.8 Å². The van der Waals surface area contributed by atoms with Crippen molar-refractivity contribution < 1.29 is 1040 Å². The number of carbonyl (C=O) groups is 5. The van der Waals surface area contributed by atoms with E-state index >= 15 is 0 Å². The van der Waals surface area contributed by atoms with Gasteiger partial charge >= 0.3 is 947 Å². The Hall–Kier alpha value is 27.4. The average Bonchev–Trinajstić information content (AvgIpc) is 1.94. The van der Waals surface area contributed by atoms with E-state index in [-0.39, 0.29) is 961 Å². The minimum atomic E-state index is -1.83. The zero-order chi connectivity index (χ0) is 17.9. The Bertz CT molecular complexity index is 329. The Kier molecular flexibility index (Phi) is 1290. The quantitative estimate of drug-likeness (QED) is 0.101. The van der Waals surface area contributed by atoms with E-state index in [1.54, 1.807) is 0 Å². The Morgan fingerprint density at radius 2 is 0.157 bits per heavy atom. The molecule has 0 aromatic heterocycles. The molecule has 10 N–H and O–H groups in total. The first-order valence-corrected chi connectivity index (χ1v) is 3.26. The normalized spacial score (nSPS) is 2.35. The molecule has 46 heteroatoms. The van der Waals surface area contributed by atoms with Gasteiger partial charge in [0.1, 0.15) is 0 Å². The van der Waals surface area contributed by atoms with Crippen molar-refractivity contribution in [1.82, 2.24) is 0 Å². The predicted molar refractivity (Wildman–Crippen MR) is 87.7 cm³/mol. The minimum absolute atomic E-state index is 0. The third-order valence-electron chi connectivity index (χ3n) is 0. The van der Waals surface area contributed by atoms with Crippen molar-refractivity contribution in [3.05, 3.63) is 0 Å². The van der Waals surface area contributed by atoms with Crippen LogP contribution < -0.4 is 916 Å². The molecular formula is C5H41Na31O15. The van der Waals surface area contributed by atoms with E-state index in [1.807, 2.05) is 0 Å². The van der Waals surface area contributed by atoms with Crippen LogP contribution in [0.15, 0.2) is 0 Å². The SMILES string of the molecule is O=C(O)O.O=C(O)O.O=C(O)O.O=C(O)O.O=C(O)O.[H-].[H-].[H-].[H-].[H-].[H-].[H-].[H-].[H-].[H-].[H-].[H-].[H-].[H-].[H-].[H-].[H-].[H-].[H-].[H-].[H-].[H-].[H-].[H-].[H-].[H-].[H-].[H-].[H-].[H-].[H-].[Na+].[Na+].[Na+].[Na+].[Na+].[Na+].[Na+].[Na+].[Na+].[Na+].[Na+].[Na+].[Na+].[Na+].[Na+].[Na+].[Na+].[Na+].[Na+].[Na+].[Na+].[Na+].[Na+].[Na+].[Na+].[Na+].[Na+].[Na+].[Na+].[Na+].[Na+]. The second-order valence-electron chi connectivity index (χ2n) is 1.41. The molecule has 0 bridgehead atoms. The van der Waals surface area contributed by atoms with Crippen LogP contribution in [0.3, 0.4) is 0 Å². The van der Waals surface area contributed by atoms with E-state index in [0.717, 1.165) is 0 Å². The van der Waals surface area contributed by atoms with E-state index in [1.165, 1.54) is 0 Å². The van der Waals surface area contributed by atoms with Crippen molar-refractivity contribution in [1.29, 1.82) is 0 Å². The Labute approximate surface area is 1030 Å². The van der Waals surface area contributed by atoms with Gasteiger partial charge in [0.15, 0.2) is 0 Å². The molecule has 0 rings (SSSR count). The molecule has 0 saturated heterocycles. The monoisotopic (exact) mass is 1050 g/mol. The van der Waals surface area contributed by atoms with Gasteiger partial charge in [0.05, 0.1) is 0 Å². The van der Waals surface area contributed by atoms with Gasteiger partial charge in [-0.1, -0.05) is 0 Å². The molecule has 0 amide bonds. The van der Waals surface area contributed by atoms with E-state index in [9.17, 15) is 0 Å². The smallest absolute Gasteiger partial charge is 1.00 e. The van der Waals surface area contributed by atoms with Gasteiger partial charge in [0, 0.05) is 0 Å². The summed E-state index contributed by atoms with van der Waals surface area (Å²) in [6, 6.07) is 0. The Balaban J connectivity index is -0.000000000444. The summed E-state index contributed by atoms with van der Waals surface area (Å²) in [6.07, 6.45) is -9.17. The van der Waals surface area contributed by atoms with Crippen molar-refractivity contribution >= 4 is 30.8 Å². The van der Waals surface area contributed by atoms with Gasteiger partial charge < -0.3 is 95.3 Å². The molecule has 0 fully saturated rings. The zero-order valence-electron chi connectivity index (χ0n) is 71.0. The molecule has 15 nitrogen and oxygen atoms in total. The molecule has 0 spiro atoms. The van der Waals surface area contributed by atoms with Gasteiger partial charge in [0.2, 0.25) is 0 Å². The molecular weight excluding hydrogens is 1010 g/mol. The first kappa shape index (κ1) is 261. The topological polar surface area (TPSA) is 288 Å². The standard InChI is InChI=1S/5CH2O3.31Na.31H/c5*2-1(3)4;;;;;;;;;;;;;;;;;;;;;;;;;;;;;;;;;;;;;;;;;;;;;;;;;;;;;;;;;;;;;;/h5*(H2,2,3,4);;;;;;;;;;;;;;;;;;;;;;;;;;;;;;;;;;;;;;;;;;;;;;;;;;;;;;;;;;;;;;/q;;;;;31*+1;31*-1. The van der Waals surface area contributed by atoms with Gasteiger partial charge in [-0.15, -0.1) is 0 Å². The Morgan fingerprint density at radius 1 is 0.157 bits per heavy atom. The summed E-state index contributed by atoms with van der Waals surface area (Å²) in [4.78, 5) is 42.8. The zero-order valence-corrected chi connectivity index (χ0v) is 102. The van der Waals surface area contributed by atoms with Crippen LogP contribution in [0.5, 0.6) is 0 Å². The fraction of sp³-hybridized carbons (Fsp3) is 0. The van der Waals surface area contributed by atoms with Crippen LogP contribution in [-0.2, 0) is 0 Å². The van der Waals surface area contributed by atoms with Crippen molar-refractivity contribution in [3.8, 4) is 0 Å². The predicted octanol–water partition coefficient (Wildman–Crippen LogP) is -88.3. The first-order chi connectivity index (χ1) is 8.66. The van der Waals surface area contributed by atoms with Crippen molar-refractivity contribution in [2.75, 3.05) is 0 Å². The summed E-state index contributed by atoms with van der Waals surface area (Å²) in [5.74, 6) is 0. The van der Waals surface area contributed by atoms with Gasteiger partial charge in [-0.2, -0.15) is 0 Å². The van der Waals surface area contributed by atoms with Crippen LogP contribution in [0, 0.1) is 0 Å². The molecule has 0 atom stereocenters. The molecule has 0 saturated carbocycles. The van der Waals surface area contributed by atoms with Gasteiger partial charge in [-0.3, -0.25) is 0 Å². The third-order valence-corrected chi connectivity index (χ3v) is 0. The maximum atomic E-state index is 8.56. The fourth-order valence-electron chi connectivity index (χ4n) is 0. The Morgan fingerprint density at radius 3 is 0.157 bits per heavy atom. The van der Waals surface area contributed by atoms with Gasteiger partial charge in [0.25, 0.3) is 0 Å². The van der Waals surface area contributed by atoms with E-state index in [2.05, 4.69) is 0 Å². The van der Waals surface area contributed by atoms with E-state index < -0.39 is 30.8 Å². The van der Waals surface area contributed by atoms with Crippen LogP contribution in [0.1, 0.15) is 44.2 Å². The summed E-state index contributed by atoms with van der Waals surface area (Å²) in [5, 5.41) is 69.7. The molecule has 0 aromatic carbocycles. The second kappa shape index (κ2) is 251. The molecule has 0 aliphatic rings. The molecule has 0 aliphatic carbocycles. The number of hydrogen-bond acceptors (Lipinski definition) is 5. The van der Waals surface area contributed by atoms with Crippen molar-refractivity contribution in [2.45, 2.75) is 0 Å². The number of hydrogen-bond donors (Lipinski definition) is 10. The summed E-state index contributed by atoms with van der Waals surface area (Å²) < 4.78 is 0. The molecule has 0 heterocycles. The summed E-state index contributed by atoms with van der Waals surface area (Å²) >= 11 is 0. The second-order valence-corrected chi connectivity index (χ2v) is 1.41. The number of rotatable bonds is 0. The molecule has 0 aromatic rings. The molecule has 0 unspecified atom stereocenters. The number of carboxylic acid groups (broad SMARTS) is 10. The van der Waals surface area contributed by atoms with Crippen LogP contribution >= 0.6 is 0 Å². The molecule has 182 valence electrons. The summed E-state index contributed by atoms with van der Waals surface area (Å²) in [7, 11) is 0. The maximum absolute atomic E-state index is 8.56. The van der Waals surface area contributed by atoms with Crippen LogP contribution in [0.4, 0.5) is 24.0 Å². The molecule has 0 aliphatic heterocycles. The first-order valence-electron chi connectivity index (χ1n) is 3.26. The molecule has 0 radical (unpaired) electrons. The van der Waals surface area contributed by atoms with Gasteiger partial charge in [-0.05, 0) is 0 Å². The van der Waals surface area contributed by atoms with Crippen LogP contribution in [0.2, 0.25) is 0 Å². The van der Waals surface area contributed by atoms with Crippen LogP contribution in [0.25, 0.3) is 0 Å². The summed E-state index contributed by atoms with van der Waals surface area (Å²) in [5.41, 5.74) is 0. The third kappa shape index (κ3) is 587.